The minimum Gasteiger partial charge on any atom is -0.324 e. The molecular weight excluding hydrogens is 394 g/mol. The van der Waals surface area contributed by atoms with E-state index >= 15 is 0 Å². The standard InChI is InChI=1S/C23H25N5O3/c1-13(2)16-8-10-17(11-9-16)28-22(30)20-21(23(28)31)27(26-25-20)12-18(29)24-19-14(3)6-5-7-15(19)4/h5-11,13,20-21H,12H2,1-4H3,(H,24,29)/t20-,21-/m0/s1. The van der Waals surface area contributed by atoms with Crippen LogP contribution in [0.15, 0.2) is 52.8 Å². The number of hydrogen-bond acceptors (Lipinski definition) is 6. The molecule has 0 aromatic heterocycles. The molecule has 31 heavy (non-hydrogen) atoms. The fraction of sp³-hybridized carbons (Fsp3) is 0.348. The van der Waals surface area contributed by atoms with Gasteiger partial charge < -0.3 is 5.32 Å². The third-order valence-corrected chi connectivity index (χ3v) is 5.73. The van der Waals surface area contributed by atoms with E-state index in [0.717, 1.165) is 27.3 Å². The van der Waals surface area contributed by atoms with Gasteiger partial charge in [0.2, 0.25) is 5.91 Å². The molecule has 2 atom stereocenters. The number of hydrogen-bond donors (Lipinski definition) is 1. The maximum Gasteiger partial charge on any atom is 0.263 e. The molecule has 2 aliphatic heterocycles. The molecule has 2 aromatic carbocycles. The lowest BCUT2D eigenvalue weighted by atomic mass is 10.0. The van der Waals surface area contributed by atoms with Crippen LogP contribution in [-0.4, -0.2) is 41.4 Å². The molecule has 2 heterocycles. The van der Waals surface area contributed by atoms with Crippen molar-refractivity contribution < 1.29 is 14.4 Å². The Balaban J connectivity index is 1.49. The Labute approximate surface area is 180 Å². The van der Waals surface area contributed by atoms with E-state index in [9.17, 15) is 14.4 Å². The number of rotatable bonds is 5. The van der Waals surface area contributed by atoms with Crippen LogP contribution in [0.1, 0.15) is 36.5 Å². The van der Waals surface area contributed by atoms with E-state index in [4.69, 9.17) is 0 Å². The summed E-state index contributed by atoms with van der Waals surface area (Å²) in [6.07, 6.45) is 0. The first-order valence-corrected chi connectivity index (χ1v) is 10.3. The van der Waals surface area contributed by atoms with Crippen molar-refractivity contribution in [2.75, 3.05) is 16.8 Å². The minimum absolute atomic E-state index is 0.169. The number of fused-ring (bicyclic) bond motifs is 1. The van der Waals surface area contributed by atoms with Crippen LogP contribution in [0.25, 0.3) is 0 Å². The molecule has 0 aliphatic carbocycles. The number of anilines is 2. The Morgan fingerprint density at radius 1 is 1.03 bits per heavy atom. The molecule has 1 saturated heterocycles. The van der Waals surface area contributed by atoms with E-state index < -0.39 is 23.9 Å². The summed E-state index contributed by atoms with van der Waals surface area (Å²) in [6, 6.07) is 11.3. The van der Waals surface area contributed by atoms with Gasteiger partial charge in [-0.25, -0.2) is 4.90 Å². The summed E-state index contributed by atoms with van der Waals surface area (Å²) in [5.74, 6) is -0.819. The second kappa shape index (κ2) is 7.94. The first-order valence-electron chi connectivity index (χ1n) is 10.3. The third kappa shape index (κ3) is 3.69. The number of aryl methyl sites for hydroxylation is 2. The van der Waals surface area contributed by atoms with Gasteiger partial charge in [-0.05, 0) is 48.6 Å². The summed E-state index contributed by atoms with van der Waals surface area (Å²) in [6.45, 7) is 7.81. The zero-order valence-electron chi connectivity index (χ0n) is 18.0. The number of para-hydroxylation sites is 1. The average Bonchev–Trinajstić information content (AvgIpc) is 3.24. The van der Waals surface area contributed by atoms with E-state index in [1.165, 1.54) is 5.01 Å². The third-order valence-electron chi connectivity index (χ3n) is 5.73. The molecule has 2 aliphatic rings. The second-order valence-corrected chi connectivity index (χ2v) is 8.27. The van der Waals surface area contributed by atoms with Gasteiger partial charge in [0.15, 0.2) is 12.1 Å². The summed E-state index contributed by atoms with van der Waals surface area (Å²) >= 11 is 0. The molecule has 160 valence electrons. The van der Waals surface area contributed by atoms with Crippen molar-refractivity contribution in [1.29, 1.82) is 0 Å². The Hall–Kier alpha value is -3.55. The van der Waals surface area contributed by atoms with Crippen LogP contribution < -0.4 is 10.2 Å². The fourth-order valence-corrected chi connectivity index (χ4v) is 3.95. The van der Waals surface area contributed by atoms with E-state index in [1.807, 2.05) is 44.2 Å². The molecule has 8 heteroatoms. The van der Waals surface area contributed by atoms with Crippen LogP contribution in [-0.2, 0) is 14.4 Å². The van der Waals surface area contributed by atoms with Crippen molar-refractivity contribution in [2.45, 2.75) is 45.7 Å². The molecule has 0 saturated carbocycles. The molecule has 0 radical (unpaired) electrons. The maximum absolute atomic E-state index is 13.1. The predicted octanol–water partition coefficient (Wildman–Crippen LogP) is 3.36. The Morgan fingerprint density at radius 2 is 1.68 bits per heavy atom. The lowest BCUT2D eigenvalue weighted by molar-refractivity contribution is -0.123. The second-order valence-electron chi connectivity index (χ2n) is 8.27. The number of carbonyl (C=O) groups excluding carboxylic acids is 3. The van der Waals surface area contributed by atoms with E-state index in [-0.39, 0.29) is 12.5 Å². The normalized spacial score (nSPS) is 20.0. The number of amides is 3. The van der Waals surface area contributed by atoms with Crippen LogP contribution in [0.5, 0.6) is 0 Å². The van der Waals surface area contributed by atoms with E-state index in [0.29, 0.717) is 11.6 Å². The summed E-state index contributed by atoms with van der Waals surface area (Å²) < 4.78 is 0. The highest BCUT2D eigenvalue weighted by molar-refractivity contribution is 6.25. The quantitative estimate of drug-likeness (QED) is 0.752. The summed E-state index contributed by atoms with van der Waals surface area (Å²) in [5, 5.41) is 12.1. The predicted molar refractivity (Wildman–Crippen MR) is 117 cm³/mol. The van der Waals surface area contributed by atoms with Crippen LogP contribution in [0, 0.1) is 13.8 Å². The molecule has 3 amide bonds. The highest BCUT2D eigenvalue weighted by Crippen LogP contribution is 2.32. The first kappa shape index (κ1) is 20.7. The minimum atomic E-state index is -0.926. The van der Waals surface area contributed by atoms with Gasteiger partial charge in [-0.2, -0.15) is 5.11 Å². The molecule has 0 spiro atoms. The molecular formula is C23H25N5O3. The fourth-order valence-electron chi connectivity index (χ4n) is 3.95. The van der Waals surface area contributed by atoms with Gasteiger partial charge in [0.05, 0.1) is 5.69 Å². The van der Waals surface area contributed by atoms with Crippen LogP contribution in [0.3, 0.4) is 0 Å². The Morgan fingerprint density at radius 3 is 2.29 bits per heavy atom. The molecule has 0 unspecified atom stereocenters. The number of nitrogens with zero attached hydrogens (tertiary/aromatic N) is 4. The van der Waals surface area contributed by atoms with E-state index in [1.54, 1.807) is 12.1 Å². The highest BCUT2D eigenvalue weighted by atomic mass is 16.2. The smallest absolute Gasteiger partial charge is 0.263 e. The Kier molecular flexibility index (Phi) is 5.31. The monoisotopic (exact) mass is 419 g/mol. The number of imide groups is 1. The topological polar surface area (TPSA) is 94.4 Å². The number of carbonyl (C=O) groups is 3. The van der Waals surface area contributed by atoms with E-state index in [2.05, 4.69) is 29.5 Å². The van der Waals surface area contributed by atoms with Crippen LogP contribution >= 0.6 is 0 Å². The van der Waals surface area contributed by atoms with Gasteiger partial charge in [0.1, 0.15) is 6.54 Å². The zero-order chi connectivity index (χ0) is 22.3. The van der Waals surface area contributed by atoms with Crippen molar-refractivity contribution in [3.05, 3.63) is 59.2 Å². The molecule has 1 N–H and O–H groups in total. The largest absolute Gasteiger partial charge is 0.324 e. The zero-order valence-corrected chi connectivity index (χ0v) is 18.0. The van der Waals surface area contributed by atoms with Gasteiger partial charge in [-0.1, -0.05) is 49.4 Å². The average molecular weight is 419 g/mol. The van der Waals surface area contributed by atoms with Crippen molar-refractivity contribution >= 4 is 29.1 Å². The lowest BCUT2D eigenvalue weighted by Crippen LogP contribution is -2.43. The molecule has 8 nitrogen and oxygen atoms in total. The van der Waals surface area contributed by atoms with Gasteiger partial charge in [0.25, 0.3) is 11.8 Å². The van der Waals surface area contributed by atoms with Gasteiger partial charge in [-0.3, -0.25) is 19.4 Å². The lowest BCUT2D eigenvalue weighted by Gasteiger charge is -2.21. The molecule has 0 bridgehead atoms. The van der Waals surface area contributed by atoms with Crippen LogP contribution in [0.2, 0.25) is 0 Å². The Bertz CT molecular complexity index is 1060. The number of nitrogens with one attached hydrogen (secondary N) is 1. The van der Waals surface area contributed by atoms with Crippen LogP contribution in [0.4, 0.5) is 11.4 Å². The van der Waals surface area contributed by atoms with Gasteiger partial charge in [-0.15, -0.1) is 0 Å². The summed E-state index contributed by atoms with van der Waals surface area (Å²) in [4.78, 5) is 39.7. The summed E-state index contributed by atoms with van der Waals surface area (Å²) in [5.41, 5.74) is 4.24. The first-order chi connectivity index (χ1) is 14.8. The molecule has 1 fully saturated rings. The van der Waals surface area contributed by atoms with Gasteiger partial charge >= 0.3 is 0 Å². The van der Waals surface area contributed by atoms with Crippen molar-refractivity contribution in [3.63, 3.8) is 0 Å². The summed E-state index contributed by atoms with van der Waals surface area (Å²) in [7, 11) is 0. The number of benzene rings is 2. The highest BCUT2D eigenvalue weighted by Gasteiger charge is 2.55. The molecule has 2 aromatic rings. The SMILES string of the molecule is Cc1cccc(C)c1NC(=O)CN1N=N[C@@H]2C(=O)N(c3ccc(C(C)C)cc3)C(=O)[C@H]21. The van der Waals surface area contributed by atoms with Crippen molar-refractivity contribution in [3.8, 4) is 0 Å². The molecule has 4 rings (SSSR count). The van der Waals surface area contributed by atoms with Crippen molar-refractivity contribution in [1.82, 2.24) is 5.01 Å². The van der Waals surface area contributed by atoms with Crippen molar-refractivity contribution in [2.24, 2.45) is 10.3 Å². The van der Waals surface area contributed by atoms with Gasteiger partial charge in [0, 0.05) is 5.69 Å². The maximum atomic E-state index is 13.1.